The summed E-state index contributed by atoms with van der Waals surface area (Å²) < 4.78 is 35.4. The maximum Gasteiger partial charge on any atom is 0.441 e. The molecule has 2 nitrogen and oxygen atoms in total. The minimum absolute atomic E-state index is 0.0166. The number of aryl methyl sites for hydroxylation is 1. The molecule has 0 aliphatic rings. The van der Waals surface area contributed by atoms with Crippen LogP contribution in [0.3, 0.4) is 0 Å². The molecule has 0 spiro atoms. The van der Waals surface area contributed by atoms with Gasteiger partial charge in [-0.05, 0) is 36.4 Å². The zero-order valence-corrected chi connectivity index (χ0v) is 9.58. The van der Waals surface area contributed by atoms with E-state index >= 15 is 0 Å². The zero-order valence-electron chi connectivity index (χ0n) is 8.77. The Hall–Kier alpha value is -1.04. The Morgan fingerprint density at radius 2 is 2.06 bits per heavy atom. The van der Waals surface area contributed by atoms with Crippen LogP contribution >= 0.6 is 11.8 Å². The van der Waals surface area contributed by atoms with Crippen LogP contribution in [0.1, 0.15) is 5.56 Å². The zero-order chi connectivity index (χ0) is 12.2. The van der Waals surface area contributed by atoms with E-state index in [9.17, 15) is 13.2 Å². The molecule has 1 aromatic rings. The van der Waals surface area contributed by atoms with Crippen LogP contribution in [0.4, 0.5) is 24.5 Å². The Morgan fingerprint density at radius 3 is 2.62 bits per heavy atom. The third-order valence-electron chi connectivity index (χ3n) is 1.98. The molecule has 0 fully saturated rings. The fourth-order valence-corrected chi connectivity index (χ4v) is 1.55. The summed E-state index contributed by atoms with van der Waals surface area (Å²) in [4.78, 5) is 0. The van der Waals surface area contributed by atoms with Gasteiger partial charge in [-0.2, -0.15) is 13.2 Å². The van der Waals surface area contributed by atoms with Crippen molar-refractivity contribution in [2.24, 2.45) is 0 Å². The van der Waals surface area contributed by atoms with E-state index in [1.54, 1.807) is 12.1 Å². The fourth-order valence-electron chi connectivity index (χ4n) is 1.11. The van der Waals surface area contributed by atoms with E-state index in [2.05, 4.69) is 5.32 Å². The summed E-state index contributed by atoms with van der Waals surface area (Å²) in [6, 6.07) is 5.34. The van der Waals surface area contributed by atoms with Gasteiger partial charge in [-0.15, -0.1) is 0 Å². The standard InChI is InChI=1S/C10H13F3N2S/c1-7-2-3-8(6-9(7)14)15-4-5-16-10(11,12)13/h2-3,6,15H,4-5,14H2,1H3. The summed E-state index contributed by atoms with van der Waals surface area (Å²) in [7, 11) is 0. The molecule has 1 aromatic carbocycles. The normalized spacial score (nSPS) is 11.5. The molecule has 6 heteroatoms. The van der Waals surface area contributed by atoms with E-state index < -0.39 is 5.51 Å². The molecule has 0 saturated heterocycles. The van der Waals surface area contributed by atoms with Gasteiger partial charge in [0.25, 0.3) is 0 Å². The van der Waals surface area contributed by atoms with Crippen LogP contribution in [0.5, 0.6) is 0 Å². The lowest BCUT2D eigenvalue weighted by Crippen LogP contribution is -2.09. The van der Waals surface area contributed by atoms with Crippen LogP contribution in [0.2, 0.25) is 0 Å². The highest BCUT2D eigenvalue weighted by atomic mass is 32.2. The van der Waals surface area contributed by atoms with E-state index in [4.69, 9.17) is 5.73 Å². The third-order valence-corrected chi connectivity index (χ3v) is 2.71. The van der Waals surface area contributed by atoms with Crippen LogP contribution < -0.4 is 11.1 Å². The van der Waals surface area contributed by atoms with E-state index in [-0.39, 0.29) is 24.1 Å². The van der Waals surface area contributed by atoms with Crippen molar-refractivity contribution in [3.8, 4) is 0 Å². The van der Waals surface area contributed by atoms with Gasteiger partial charge >= 0.3 is 5.51 Å². The van der Waals surface area contributed by atoms with Crippen LogP contribution in [0.15, 0.2) is 18.2 Å². The Balaban J connectivity index is 2.35. The van der Waals surface area contributed by atoms with Crippen LogP contribution in [-0.2, 0) is 0 Å². The van der Waals surface area contributed by atoms with Crippen molar-refractivity contribution < 1.29 is 13.2 Å². The summed E-state index contributed by atoms with van der Waals surface area (Å²) in [5.74, 6) is -0.0166. The highest BCUT2D eigenvalue weighted by Gasteiger charge is 2.27. The van der Waals surface area contributed by atoms with Crippen molar-refractivity contribution in [1.82, 2.24) is 0 Å². The number of benzene rings is 1. The highest BCUT2D eigenvalue weighted by Crippen LogP contribution is 2.29. The average molecular weight is 250 g/mol. The second-order valence-electron chi connectivity index (χ2n) is 3.29. The number of hydrogen-bond acceptors (Lipinski definition) is 3. The molecule has 0 aromatic heterocycles. The van der Waals surface area contributed by atoms with Gasteiger partial charge in [-0.3, -0.25) is 0 Å². The van der Waals surface area contributed by atoms with Crippen molar-refractivity contribution in [2.45, 2.75) is 12.4 Å². The van der Waals surface area contributed by atoms with Crippen LogP contribution in [0, 0.1) is 6.92 Å². The Bertz CT molecular complexity index is 352. The summed E-state index contributed by atoms with van der Waals surface area (Å²) in [6.45, 7) is 2.13. The van der Waals surface area contributed by atoms with Crippen molar-refractivity contribution in [3.05, 3.63) is 23.8 Å². The first-order valence-electron chi connectivity index (χ1n) is 4.69. The van der Waals surface area contributed by atoms with Gasteiger partial charge < -0.3 is 11.1 Å². The van der Waals surface area contributed by atoms with Crippen molar-refractivity contribution in [1.29, 1.82) is 0 Å². The summed E-state index contributed by atoms with van der Waals surface area (Å²) in [6.07, 6.45) is 0. The van der Waals surface area contributed by atoms with Gasteiger partial charge in [-0.1, -0.05) is 6.07 Å². The molecule has 0 bridgehead atoms. The van der Waals surface area contributed by atoms with Crippen LogP contribution in [0.25, 0.3) is 0 Å². The fraction of sp³-hybridized carbons (Fsp3) is 0.400. The predicted octanol–water partition coefficient (Wildman–Crippen LogP) is 3.24. The average Bonchev–Trinajstić information content (AvgIpc) is 2.17. The Labute approximate surface area is 96.4 Å². The summed E-state index contributed by atoms with van der Waals surface area (Å²) in [5.41, 5.74) is 3.84. The van der Waals surface area contributed by atoms with Gasteiger partial charge in [0, 0.05) is 23.7 Å². The number of rotatable bonds is 4. The SMILES string of the molecule is Cc1ccc(NCCSC(F)(F)F)cc1N. The maximum atomic E-state index is 11.8. The van der Waals surface area contributed by atoms with Crippen molar-refractivity contribution >= 4 is 23.1 Å². The Morgan fingerprint density at radius 1 is 1.38 bits per heavy atom. The number of alkyl halides is 3. The third kappa shape index (κ3) is 4.65. The number of nitrogens with one attached hydrogen (secondary N) is 1. The largest absolute Gasteiger partial charge is 0.441 e. The van der Waals surface area contributed by atoms with Gasteiger partial charge in [0.1, 0.15) is 0 Å². The highest BCUT2D eigenvalue weighted by molar-refractivity contribution is 8.00. The minimum Gasteiger partial charge on any atom is -0.398 e. The first kappa shape index (κ1) is 13.0. The summed E-state index contributed by atoms with van der Waals surface area (Å²) in [5, 5.41) is 2.88. The topological polar surface area (TPSA) is 38.0 Å². The smallest absolute Gasteiger partial charge is 0.398 e. The van der Waals surface area contributed by atoms with Crippen LogP contribution in [-0.4, -0.2) is 17.8 Å². The molecule has 0 atom stereocenters. The summed E-state index contributed by atoms with van der Waals surface area (Å²) >= 11 is -0.0336. The molecule has 0 unspecified atom stereocenters. The second kappa shape index (κ2) is 5.34. The number of nitrogens with two attached hydrogens (primary N) is 1. The lowest BCUT2D eigenvalue weighted by molar-refractivity contribution is -0.0327. The maximum absolute atomic E-state index is 11.8. The van der Waals surface area contributed by atoms with Crippen molar-refractivity contribution in [2.75, 3.05) is 23.3 Å². The van der Waals surface area contributed by atoms with E-state index in [0.29, 0.717) is 5.69 Å². The molecule has 16 heavy (non-hydrogen) atoms. The number of anilines is 2. The minimum atomic E-state index is -4.16. The number of halogens is 3. The van der Waals surface area contributed by atoms with Gasteiger partial charge in [0.15, 0.2) is 0 Å². The van der Waals surface area contributed by atoms with Gasteiger partial charge in [-0.25, -0.2) is 0 Å². The van der Waals surface area contributed by atoms with Crippen molar-refractivity contribution in [3.63, 3.8) is 0 Å². The molecule has 0 saturated carbocycles. The number of thioether (sulfide) groups is 1. The molecule has 3 N–H and O–H groups in total. The molecule has 0 aliphatic carbocycles. The van der Waals surface area contributed by atoms with Gasteiger partial charge in [0.05, 0.1) is 0 Å². The number of nitrogen functional groups attached to an aromatic ring is 1. The predicted molar refractivity (Wildman–Crippen MR) is 62.6 cm³/mol. The Kier molecular flexibility index (Phi) is 4.35. The van der Waals surface area contributed by atoms with E-state index in [0.717, 1.165) is 11.3 Å². The molecule has 1 rings (SSSR count). The van der Waals surface area contributed by atoms with E-state index in [1.807, 2.05) is 13.0 Å². The number of hydrogen-bond donors (Lipinski definition) is 2. The molecular weight excluding hydrogens is 237 g/mol. The second-order valence-corrected chi connectivity index (χ2v) is 4.45. The molecule has 90 valence electrons. The lowest BCUT2D eigenvalue weighted by Gasteiger charge is -2.09. The monoisotopic (exact) mass is 250 g/mol. The molecule has 0 amide bonds. The van der Waals surface area contributed by atoms with E-state index in [1.165, 1.54) is 0 Å². The quantitative estimate of drug-likeness (QED) is 0.636. The first-order valence-corrected chi connectivity index (χ1v) is 5.68. The van der Waals surface area contributed by atoms with Gasteiger partial charge in [0.2, 0.25) is 0 Å². The first-order chi connectivity index (χ1) is 7.38. The molecule has 0 heterocycles. The molecule has 0 radical (unpaired) electrons. The molecular formula is C10H13F3N2S. The lowest BCUT2D eigenvalue weighted by atomic mass is 10.2. The molecule has 0 aliphatic heterocycles.